The number of thiazole rings is 1. The molecule has 0 saturated carbocycles. The molecule has 22 heavy (non-hydrogen) atoms. The van der Waals surface area contributed by atoms with E-state index in [9.17, 15) is 0 Å². The third-order valence-electron chi connectivity index (χ3n) is 3.86. The summed E-state index contributed by atoms with van der Waals surface area (Å²) in [5, 5.41) is 3.85. The summed E-state index contributed by atoms with van der Waals surface area (Å²) in [5.41, 5.74) is 4.37. The fourth-order valence-corrected chi connectivity index (χ4v) is 3.22. The summed E-state index contributed by atoms with van der Waals surface area (Å²) in [5.74, 6) is 1.63. The van der Waals surface area contributed by atoms with Crippen LogP contribution in [-0.2, 0) is 0 Å². The minimum absolute atomic E-state index is 0.399. The summed E-state index contributed by atoms with van der Waals surface area (Å²) in [4.78, 5) is 13.9. The Balaban J connectivity index is 2.23. The third-order valence-corrected chi connectivity index (χ3v) is 4.71. The molecular weight excluding hydrogens is 294 g/mol. The van der Waals surface area contributed by atoms with Gasteiger partial charge in [0.2, 0.25) is 5.88 Å². The molecule has 3 rings (SSSR count). The number of benzene rings is 1. The van der Waals surface area contributed by atoms with Crippen molar-refractivity contribution in [1.82, 2.24) is 15.0 Å². The highest BCUT2D eigenvalue weighted by Crippen LogP contribution is 2.31. The molecule has 4 nitrogen and oxygen atoms in total. The summed E-state index contributed by atoms with van der Waals surface area (Å²) >= 11 is 1.58. The Morgan fingerprint density at radius 2 is 1.86 bits per heavy atom. The van der Waals surface area contributed by atoms with Crippen molar-refractivity contribution in [2.45, 2.75) is 33.6 Å². The molecule has 0 spiro atoms. The molecule has 0 unspecified atom stereocenters. The van der Waals surface area contributed by atoms with Crippen molar-refractivity contribution < 1.29 is 4.74 Å². The van der Waals surface area contributed by atoms with Gasteiger partial charge in [0.15, 0.2) is 10.8 Å². The van der Waals surface area contributed by atoms with Crippen LogP contribution in [0, 0.1) is 13.8 Å². The number of aromatic nitrogens is 3. The maximum atomic E-state index is 5.46. The molecule has 3 aromatic rings. The van der Waals surface area contributed by atoms with Crippen LogP contribution in [0.5, 0.6) is 5.88 Å². The van der Waals surface area contributed by atoms with Crippen LogP contribution < -0.4 is 4.74 Å². The first-order valence-electron chi connectivity index (χ1n) is 7.29. The van der Waals surface area contributed by atoms with Crippen LogP contribution in [0.1, 0.15) is 36.6 Å². The van der Waals surface area contributed by atoms with E-state index in [-0.39, 0.29) is 0 Å². The molecule has 0 N–H and O–H groups in total. The molecule has 0 amide bonds. The molecule has 0 aliphatic carbocycles. The van der Waals surface area contributed by atoms with Crippen molar-refractivity contribution in [1.29, 1.82) is 0 Å². The molecule has 0 saturated heterocycles. The van der Waals surface area contributed by atoms with Gasteiger partial charge in [-0.3, -0.25) is 0 Å². The number of rotatable bonds is 3. The third kappa shape index (κ3) is 2.46. The molecule has 0 radical (unpaired) electrons. The number of methoxy groups -OCH3 is 1. The minimum Gasteiger partial charge on any atom is -0.480 e. The minimum atomic E-state index is 0.399. The van der Waals surface area contributed by atoms with Gasteiger partial charge < -0.3 is 4.74 Å². The summed E-state index contributed by atoms with van der Waals surface area (Å²) in [6.45, 7) is 8.43. The second kappa shape index (κ2) is 5.65. The van der Waals surface area contributed by atoms with Gasteiger partial charge in [0.1, 0.15) is 0 Å². The van der Waals surface area contributed by atoms with Crippen molar-refractivity contribution in [2.24, 2.45) is 0 Å². The van der Waals surface area contributed by atoms with Gasteiger partial charge in [-0.15, -0.1) is 11.3 Å². The van der Waals surface area contributed by atoms with Crippen LogP contribution in [-0.4, -0.2) is 22.1 Å². The van der Waals surface area contributed by atoms with Gasteiger partial charge in [-0.2, -0.15) is 4.98 Å². The molecule has 0 aliphatic heterocycles. The molecule has 0 atom stereocenters. The fourth-order valence-electron chi connectivity index (χ4n) is 2.31. The van der Waals surface area contributed by atoms with Gasteiger partial charge in [-0.1, -0.05) is 19.9 Å². The largest absolute Gasteiger partial charge is 0.480 e. The smallest absolute Gasteiger partial charge is 0.224 e. The second-order valence-corrected chi connectivity index (χ2v) is 6.55. The van der Waals surface area contributed by atoms with Crippen molar-refractivity contribution in [3.8, 4) is 16.7 Å². The number of fused-ring (bicyclic) bond motifs is 1. The number of hydrogen-bond donors (Lipinski definition) is 0. The Kier molecular flexibility index (Phi) is 3.83. The quantitative estimate of drug-likeness (QED) is 0.714. The zero-order valence-corrected chi connectivity index (χ0v) is 14.3. The van der Waals surface area contributed by atoms with E-state index >= 15 is 0 Å². The Labute approximate surface area is 134 Å². The lowest BCUT2D eigenvalue weighted by Gasteiger charge is -2.09. The van der Waals surface area contributed by atoms with Crippen LogP contribution >= 0.6 is 11.3 Å². The van der Waals surface area contributed by atoms with E-state index in [0.717, 1.165) is 27.2 Å². The van der Waals surface area contributed by atoms with Crippen LogP contribution in [0.4, 0.5) is 0 Å². The first kappa shape index (κ1) is 14.9. The molecule has 2 heterocycles. The molecule has 0 fully saturated rings. The lowest BCUT2D eigenvalue weighted by Crippen LogP contribution is -1.98. The Bertz CT molecular complexity index is 839. The van der Waals surface area contributed by atoms with Gasteiger partial charge in [-0.05, 0) is 37.0 Å². The van der Waals surface area contributed by atoms with Crippen molar-refractivity contribution in [3.05, 3.63) is 34.3 Å². The van der Waals surface area contributed by atoms with E-state index in [1.54, 1.807) is 18.4 Å². The van der Waals surface area contributed by atoms with E-state index in [2.05, 4.69) is 49.1 Å². The van der Waals surface area contributed by atoms with Gasteiger partial charge in [-0.25, -0.2) is 9.97 Å². The molecule has 2 aromatic heterocycles. The normalized spacial score (nSPS) is 11.4. The summed E-state index contributed by atoms with van der Waals surface area (Å²) in [7, 11) is 1.64. The van der Waals surface area contributed by atoms with Crippen LogP contribution in [0.3, 0.4) is 0 Å². The molecule has 0 aliphatic rings. The van der Waals surface area contributed by atoms with Crippen LogP contribution in [0.2, 0.25) is 0 Å². The van der Waals surface area contributed by atoms with E-state index in [1.807, 2.05) is 6.07 Å². The second-order valence-electron chi connectivity index (χ2n) is 5.69. The van der Waals surface area contributed by atoms with Gasteiger partial charge in [0.25, 0.3) is 0 Å². The number of nitrogens with zero attached hydrogens (tertiary/aromatic N) is 3. The van der Waals surface area contributed by atoms with Gasteiger partial charge in [0.05, 0.1) is 23.7 Å². The first-order chi connectivity index (χ1) is 10.5. The van der Waals surface area contributed by atoms with Crippen LogP contribution in [0.15, 0.2) is 17.5 Å². The van der Waals surface area contributed by atoms with Gasteiger partial charge in [0, 0.05) is 5.38 Å². The maximum absolute atomic E-state index is 5.46. The maximum Gasteiger partial charge on any atom is 0.224 e. The zero-order valence-electron chi connectivity index (χ0n) is 13.5. The van der Waals surface area contributed by atoms with Crippen LogP contribution in [0.25, 0.3) is 21.7 Å². The average molecular weight is 313 g/mol. The number of aryl methyl sites for hydroxylation is 2. The highest BCUT2D eigenvalue weighted by Gasteiger charge is 2.15. The van der Waals surface area contributed by atoms with Crippen molar-refractivity contribution in [2.75, 3.05) is 7.11 Å². The Hall–Kier alpha value is -2.01. The van der Waals surface area contributed by atoms with E-state index < -0.39 is 0 Å². The zero-order chi connectivity index (χ0) is 15.9. The van der Waals surface area contributed by atoms with Crippen molar-refractivity contribution >= 4 is 22.2 Å². The SMILES string of the molecule is COc1nc(-c2nc(C(C)C)cs2)nc2c(C)c(C)ccc12. The predicted molar refractivity (Wildman–Crippen MR) is 90.8 cm³/mol. The highest BCUT2D eigenvalue weighted by atomic mass is 32.1. The molecule has 1 aromatic carbocycles. The standard InChI is InChI=1S/C17H19N3OS/c1-9(2)13-8-22-17(18-13)15-19-14-11(4)10(3)6-7-12(14)16(20-15)21-5/h6-9H,1-5H3. The van der Waals surface area contributed by atoms with E-state index in [4.69, 9.17) is 9.72 Å². The lowest BCUT2D eigenvalue weighted by atomic mass is 10.1. The number of hydrogen-bond acceptors (Lipinski definition) is 5. The van der Waals surface area contributed by atoms with E-state index in [1.165, 1.54) is 5.56 Å². The summed E-state index contributed by atoms with van der Waals surface area (Å²) in [6.07, 6.45) is 0. The fraction of sp³-hybridized carbons (Fsp3) is 0.353. The first-order valence-corrected chi connectivity index (χ1v) is 8.17. The topological polar surface area (TPSA) is 47.9 Å². The Morgan fingerprint density at radius 3 is 2.50 bits per heavy atom. The molecule has 5 heteroatoms. The van der Waals surface area contributed by atoms with E-state index in [0.29, 0.717) is 17.6 Å². The Morgan fingerprint density at radius 1 is 1.09 bits per heavy atom. The monoisotopic (exact) mass is 313 g/mol. The molecule has 0 bridgehead atoms. The molecular formula is C17H19N3OS. The lowest BCUT2D eigenvalue weighted by molar-refractivity contribution is 0.403. The summed E-state index contributed by atoms with van der Waals surface area (Å²) < 4.78 is 5.46. The predicted octanol–water partition coefficient (Wildman–Crippen LogP) is 4.50. The molecule has 114 valence electrons. The highest BCUT2D eigenvalue weighted by molar-refractivity contribution is 7.13. The summed E-state index contributed by atoms with van der Waals surface area (Å²) in [6, 6.07) is 4.09. The van der Waals surface area contributed by atoms with Gasteiger partial charge >= 0.3 is 0 Å². The van der Waals surface area contributed by atoms with Crippen molar-refractivity contribution in [3.63, 3.8) is 0 Å². The number of ether oxygens (including phenoxy) is 1. The average Bonchev–Trinajstić information content (AvgIpc) is 3.00.